The summed E-state index contributed by atoms with van der Waals surface area (Å²) in [6.45, 7) is 0.474. The maximum absolute atomic E-state index is 13.9. The molecule has 0 bridgehead atoms. The van der Waals surface area contributed by atoms with Gasteiger partial charge in [-0.15, -0.1) is 0 Å². The molecule has 1 aromatic rings. The number of hydrogen-bond acceptors (Lipinski definition) is 5. The van der Waals surface area contributed by atoms with Crippen LogP contribution in [0.2, 0.25) is 0 Å². The van der Waals surface area contributed by atoms with Crippen LogP contribution in [0.5, 0.6) is 5.75 Å². The number of piperidine rings is 1. The summed E-state index contributed by atoms with van der Waals surface area (Å²) >= 11 is 0. The first-order chi connectivity index (χ1) is 15.2. The topological polar surface area (TPSA) is 111 Å². The minimum absolute atomic E-state index is 0.104. The first-order valence-corrected chi connectivity index (χ1v) is 10.8. The van der Waals surface area contributed by atoms with Crippen LogP contribution in [0.4, 0.5) is 13.2 Å². The fourth-order valence-corrected chi connectivity index (χ4v) is 5.24. The van der Waals surface area contributed by atoms with E-state index in [2.05, 4.69) is 10.6 Å². The van der Waals surface area contributed by atoms with Crippen molar-refractivity contribution >= 4 is 17.6 Å². The van der Waals surface area contributed by atoms with Gasteiger partial charge >= 0.3 is 0 Å². The van der Waals surface area contributed by atoms with Crippen molar-refractivity contribution < 1.29 is 32.3 Å². The van der Waals surface area contributed by atoms with E-state index in [4.69, 9.17) is 10.5 Å². The molecule has 2 heterocycles. The number of halogens is 3. The molecule has 1 aliphatic carbocycles. The second-order valence-corrected chi connectivity index (χ2v) is 9.11. The fourth-order valence-electron chi connectivity index (χ4n) is 5.24. The monoisotopic (exact) mass is 453 g/mol. The minimum Gasteiger partial charge on any atom is -0.480 e. The molecule has 1 aromatic carbocycles. The molecule has 174 valence electrons. The third-order valence-corrected chi connectivity index (χ3v) is 7.11. The highest BCUT2D eigenvalue weighted by molar-refractivity contribution is 5.85. The lowest BCUT2D eigenvalue weighted by atomic mass is 9.81. The van der Waals surface area contributed by atoms with E-state index in [1.807, 2.05) is 0 Å². The van der Waals surface area contributed by atoms with Gasteiger partial charge < -0.3 is 21.1 Å². The predicted molar refractivity (Wildman–Crippen MR) is 107 cm³/mol. The zero-order valence-corrected chi connectivity index (χ0v) is 17.5. The number of rotatable bonds is 8. The van der Waals surface area contributed by atoms with E-state index in [-0.39, 0.29) is 29.6 Å². The van der Waals surface area contributed by atoms with Crippen molar-refractivity contribution in [3.8, 4) is 5.75 Å². The summed E-state index contributed by atoms with van der Waals surface area (Å²) in [6, 6.07) is 0.895. The number of nitrogens with two attached hydrogens (primary N) is 1. The number of Topliss-reactive ketones (excluding diaryl/α,β-unsaturated/α-hetero) is 1. The smallest absolute Gasteiger partial charge is 0.234 e. The Balaban J connectivity index is 1.49. The standard InChI is InChI=1S/C22H26F3N3O4/c23-14-3-4-15(24)19(18(14)25)32-9-17(29)12(6-11-2-1-5-27-21(11)31)13-7-22(13)8-16(20(26)30)28-10-22/h3-4,11-13,16,28H,1-2,5-10H2,(H2,26,30)(H,27,31)/t11-,12-,13?,16?,22?/m0/s1. The maximum atomic E-state index is 13.9. The Kier molecular flexibility index (Phi) is 6.15. The van der Waals surface area contributed by atoms with E-state index in [1.165, 1.54) is 0 Å². The van der Waals surface area contributed by atoms with Crippen LogP contribution in [0.1, 0.15) is 32.1 Å². The summed E-state index contributed by atoms with van der Waals surface area (Å²) in [4.78, 5) is 37.0. The average Bonchev–Trinajstić information content (AvgIpc) is 3.26. The number of benzene rings is 1. The van der Waals surface area contributed by atoms with E-state index in [1.54, 1.807) is 0 Å². The molecule has 5 atom stereocenters. The third-order valence-electron chi connectivity index (χ3n) is 7.11. The number of ketones is 1. The summed E-state index contributed by atoms with van der Waals surface area (Å²) in [5.41, 5.74) is 5.13. The molecule has 2 amide bonds. The molecule has 3 fully saturated rings. The van der Waals surface area contributed by atoms with Gasteiger partial charge in [0.15, 0.2) is 23.2 Å². The molecule has 0 aromatic heterocycles. The van der Waals surface area contributed by atoms with Gasteiger partial charge in [-0.1, -0.05) is 0 Å². The van der Waals surface area contributed by atoms with Crippen molar-refractivity contribution in [3.05, 3.63) is 29.6 Å². The van der Waals surface area contributed by atoms with Crippen molar-refractivity contribution in [2.24, 2.45) is 28.9 Å². The SMILES string of the molecule is NC(=O)C1CC2(CN1)CC2[C@H](C[C@@H]1CCCNC1=O)C(=O)COc1c(F)ccc(F)c1F. The molecule has 7 nitrogen and oxygen atoms in total. The second-order valence-electron chi connectivity index (χ2n) is 9.11. The Labute approximate surface area is 183 Å². The van der Waals surface area contributed by atoms with Gasteiger partial charge in [0.2, 0.25) is 17.6 Å². The van der Waals surface area contributed by atoms with E-state index >= 15 is 0 Å². The highest BCUT2D eigenvalue weighted by Gasteiger charge is 2.62. The lowest BCUT2D eigenvalue weighted by molar-refractivity contribution is -0.130. The van der Waals surface area contributed by atoms with E-state index in [9.17, 15) is 27.6 Å². The normalized spacial score (nSPS) is 30.1. The molecule has 2 aliphatic heterocycles. The second kappa shape index (κ2) is 8.73. The maximum Gasteiger partial charge on any atom is 0.234 e. The molecule has 1 saturated carbocycles. The van der Waals surface area contributed by atoms with Crippen molar-refractivity contribution in [2.75, 3.05) is 19.7 Å². The lowest BCUT2D eigenvalue weighted by Gasteiger charge is -2.27. The van der Waals surface area contributed by atoms with Gasteiger partial charge in [-0.3, -0.25) is 14.4 Å². The summed E-state index contributed by atoms with van der Waals surface area (Å²) in [5, 5.41) is 5.89. The molecule has 3 aliphatic rings. The van der Waals surface area contributed by atoms with Gasteiger partial charge in [0.1, 0.15) is 6.61 Å². The molecule has 0 radical (unpaired) electrons. The first kappa shape index (κ1) is 22.6. The van der Waals surface area contributed by atoms with Crippen molar-refractivity contribution in [3.63, 3.8) is 0 Å². The number of nitrogens with one attached hydrogen (secondary N) is 2. The Morgan fingerprint density at radius 3 is 2.66 bits per heavy atom. The van der Waals surface area contributed by atoms with Crippen LogP contribution < -0.4 is 21.1 Å². The van der Waals surface area contributed by atoms with Gasteiger partial charge in [0.25, 0.3) is 0 Å². The zero-order chi connectivity index (χ0) is 23.0. The Hall–Kier alpha value is -2.62. The predicted octanol–water partition coefficient (Wildman–Crippen LogP) is 1.44. The highest BCUT2D eigenvalue weighted by atomic mass is 19.2. The van der Waals surface area contributed by atoms with Gasteiger partial charge in [-0.2, -0.15) is 4.39 Å². The van der Waals surface area contributed by atoms with Crippen molar-refractivity contribution in [1.29, 1.82) is 0 Å². The number of carbonyl (C=O) groups is 3. The van der Waals surface area contributed by atoms with Crippen LogP contribution in [0.15, 0.2) is 12.1 Å². The molecule has 1 spiro atoms. The van der Waals surface area contributed by atoms with Gasteiger partial charge in [0.05, 0.1) is 6.04 Å². The zero-order valence-electron chi connectivity index (χ0n) is 17.5. The van der Waals surface area contributed by atoms with E-state index in [0.29, 0.717) is 38.4 Å². The van der Waals surface area contributed by atoms with Gasteiger partial charge in [-0.05, 0) is 55.6 Å². The number of hydrogen-bond donors (Lipinski definition) is 3. The van der Waals surface area contributed by atoms with Crippen LogP contribution in [0, 0.1) is 40.6 Å². The summed E-state index contributed by atoms with van der Waals surface area (Å²) in [7, 11) is 0. The van der Waals surface area contributed by atoms with Crippen molar-refractivity contribution in [1.82, 2.24) is 10.6 Å². The molecule has 2 saturated heterocycles. The fraction of sp³-hybridized carbons (Fsp3) is 0.591. The van der Waals surface area contributed by atoms with Crippen LogP contribution in [0.3, 0.4) is 0 Å². The molecule has 10 heteroatoms. The van der Waals surface area contributed by atoms with Crippen LogP contribution >= 0.6 is 0 Å². The lowest BCUT2D eigenvalue weighted by Crippen LogP contribution is -2.39. The van der Waals surface area contributed by atoms with Gasteiger partial charge in [0, 0.05) is 24.9 Å². The molecule has 3 unspecified atom stereocenters. The van der Waals surface area contributed by atoms with Crippen LogP contribution in [0.25, 0.3) is 0 Å². The van der Waals surface area contributed by atoms with Crippen LogP contribution in [-0.4, -0.2) is 43.3 Å². The molecule has 4 N–H and O–H groups in total. The molecular weight excluding hydrogens is 427 g/mol. The average molecular weight is 453 g/mol. The summed E-state index contributed by atoms with van der Waals surface area (Å²) in [5.74, 6) is -6.83. The van der Waals surface area contributed by atoms with Gasteiger partial charge in [-0.25, -0.2) is 8.78 Å². The molecule has 32 heavy (non-hydrogen) atoms. The summed E-state index contributed by atoms with van der Waals surface area (Å²) < 4.78 is 46.3. The Morgan fingerprint density at radius 2 is 1.97 bits per heavy atom. The summed E-state index contributed by atoms with van der Waals surface area (Å²) in [6.07, 6.45) is 2.91. The number of amides is 2. The first-order valence-electron chi connectivity index (χ1n) is 10.8. The van der Waals surface area contributed by atoms with E-state index < -0.39 is 53.5 Å². The van der Waals surface area contributed by atoms with E-state index in [0.717, 1.165) is 12.5 Å². The number of carbonyl (C=O) groups excluding carboxylic acids is 3. The third kappa shape index (κ3) is 4.32. The Bertz CT molecular complexity index is 943. The largest absolute Gasteiger partial charge is 0.480 e. The number of primary amides is 1. The van der Waals surface area contributed by atoms with Crippen molar-refractivity contribution in [2.45, 2.75) is 38.1 Å². The van der Waals surface area contributed by atoms with Crippen LogP contribution in [-0.2, 0) is 14.4 Å². The number of ether oxygens (including phenoxy) is 1. The molecular formula is C22H26F3N3O4. The Morgan fingerprint density at radius 1 is 1.22 bits per heavy atom. The quantitative estimate of drug-likeness (QED) is 0.516. The minimum atomic E-state index is -1.49. The highest BCUT2D eigenvalue weighted by Crippen LogP contribution is 2.62. The molecule has 4 rings (SSSR count).